The molecule has 31 heavy (non-hydrogen) atoms. The Labute approximate surface area is 184 Å². The van der Waals surface area contributed by atoms with Crippen LogP contribution in [0.1, 0.15) is 73.6 Å². The Kier molecular flexibility index (Phi) is 5.60. The first-order valence-corrected chi connectivity index (χ1v) is 12.1. The van der Waals surface area contributed by atoms with Gasteiger partial charge < -0.3 is 9.88 Å². The van der Waals surface area contributed by atoms with Gasteiger partial charge in [0.2, 0.25) is 5.91 Å². The summed E-state index contributed by atoms with van der Waals surface area (Å²) >= 11 is 1.65. The normalized spacial score (nSPS) is 17.1. The number of amides is 1. The average Bonchev–Trinajstić information content (AvgIpc) is 3.27. The van der Waals surface area contributed by atoms with Crippen molar-refractivity contribution in [2.24, 2.45) is 0 Å². The predicted molar refractivity (Wildman–Crippen MR) is 119 cm³/mol. The Morgan fingerprint density at radius 3 is 2.90 bits per heavy atom. The van der Waals surface area contributed by atoms with Crippen LogP contribution in [-0.2, 0) is 37.1 Å². The molecule has 0 spiro atoms. The van der Waals surface area contributed by atoms with E-state index in [1.807, 2.05) is 6.92 Å². The Bertz CT molecular complexity index is 1180. The SMILES string of the molecule is CC(NC(=O)CCn1cnc2sc3c(c2c1=O)CCCC3)c1nnc2n1CCCCC2. The van der Waals surface area contributed by atoms with Crippen molar-refractivity contribution in [1.82, 2.24) is 29.6 Å². The lowest BCUT2D eigenvalue weighted by Crippen LogP contribution is -2.31. The van der Waals surface area contributed by atoms with Crippen molar-refractivity contribution in [3.05, 3.63) is 38.8 Å². The van der Waals surface area contributed by atoms with E-state index in [2.05, 4.69) is 25.1 Å². The van der Waals surface area contributed by atoms with Gasteiger partial charge in [-0.25, -0.2) is 4.98 Å². The summed E-state index contributed by atoms with van der Waals surface area (Å²) in [5.41, 5.74) is 1.16. The average molecular weight is 441 g/mol. The summed E-state index contributed by atoms with van der Waals surface area (Å²) in [6.07, 6.45) is 10.5. The highest BCUT2D eigenvalue weighted by atomic mass is 32.1. The van der Waals surface area contributed by atoms with Gasteiger partial charge in [-0.15, -0.1) is 21.5 Å². The van der Waals surface area contributed by atoms with Gasteiger partial charge >= 0.3 is 0 Å². The minimum Gasteiger partial charge on any atom is -0.346 e. The van der Waals surface area contributed by atoms with E-state index in [4.69, 9.17) is 0 Å². The maximum absolute atomic E-state index is 13.1. The molecule has 0 bridgehead atoms. The molecule has 1 aliphatic carbocycles. The molecule has 0 saturated heterocycles. The topological polar surface area (TPSA) is 94.7 Å². The van der Waals surface area contributed by atoms with E-state index in [1.54, 1.807) is 22.2 Å². The van der Waals surface area contributed by atoms with E-state index in [0.29, 0.717) is 6.54 Å². The van der Waals surface area contributed by atoms with Gasteiger partial charge in [-0.3, -0.25) is 14.2 Å². The molecule has 0 fully saturated rings. The summed E-state index contributed by atoms with van der Waals surface area (Å²) in [5, 5.41) is 12.4. The van der Waals surface area contributed by atoms with E-state index in [1.165, 1.54) is 23.3 Å². The zero-order valence-electron chi connectivity index (χ0n) is 17.9. The molecule has 0 aromatic carbocycles. The molecule has 1 atom stereocenters. The molecule has 164 valence electrons. The number of rotatable bonds is 5. The molecule has 1 unspecified atom stereocenters. The van der Waals surface area contributed by atoms with Crippen LogP contribution in [0.25, 0.3) is 10.2 Å². The molecule has 1 N–H and O–H groups in total. The molecule has 1 amide bonds. The van der Waals surface area contributed by atoms with Crippen molar-refractivity contribution < 1.29 is 4.79 Å². The van der Waals surface area contributed by atoms with Crippen LogP contribution in [0.3, 0.4) is 0 Å². The van der Waals surface area contributed by atoms with E-state index < -0.39 is 0 Å². The van der Waals surface area contributed by atoms with Crippen molar-refractivity contribution >= 4 is 27.5 Å². The van der Waals surface area contributed by atoms with Crippen LogP contribution in [0.15, 0.2) is 11.1 Å². The van der Waals surface area contributed by atoms with Crippen LogP contribution in [0, 0.1) is 0 Å². The van der Waals surface area contributed by atoms with Gasteiger partial charge in [0.05, 0.1) is 17.8 Å². The monoisotopic (exact) mass is 440 g/mol. The van der Waals surface area contributed by atoms with Crippen LogP contribution >= 0.6 is 11.3 Å². The molecule has 3 aromatic heterocycles. The third kappa shape index (κ3) is 3.91. The second kappa shape index (κ2) is 8.53. The summed E-state index contributed by atoms with van der Waals surface area (Å²) < 4.78 is 3.73. The van der Waals surface area contributed by atoms with E-state index in [-0.39, 0.29) is 23.9 Å². The van der Waals surface area contributed by atoms with Gasteiger partial charge in [0.1, 0.15) is 10.7 Å². The molecule has 9 heteroatoms. The number of aryl methyl sites for hydroxylation is 4. The first-order chi connectivity index (χ1) is 15.1. The summed E-state index contributed by atoms with van der Waals surface area (Å²) in [4.78, 5) is 32.3. The Morgan fingerprint density at radius 1 is 1.16 bits per heavy atom. The predicted octanol–water partition coefficient (Wildman–Crippen LogP) is 2.92. The highest BCUT2D eigenvalue weighted by molar-refractivity contribution is 7.18. The minimum atomic E-state index is -0.215. The zero-order chi connectivity index (χ0) is 21.4. The van der Waals surface area contributed by atoms with Crippen LogP contribution < -0.4 is 10.9 Å². The number of thiophene rings is 1. The first-order valence-electron chi connectivity index (χ1n) is 11.3. The van der Waals surface area contributed by atoms with Crippen LogP contribution in [-0.4, -0.2) is 30.2 Å². The minimum absolute atomic E-state index is 0.0203. The Balaban J connectivity index is 1.27. The van der Waals surface area contributed by atoms with Gasteiger partial charge in [-0.05, 0) is 51.0 Å². The van der Waals surface area contributed by atoms with Gasteiger partial charge in [0.25, 0.3) is 5.56 Å². The molecule has 3 aromatic rings. The van der Waals surface area contributed by atoms with Crippen molar-refractivity contribution in [2.75, 3.05) is 0 Å². The summed E-state index contributed by atoms with van der Waals surface area (Å²) in [7, 11) is 0. The molecular formula is C22H28N6O2S. The molecule has 4 heterocycles. The number of hydrogen-bond donors (Lipinski definition) is 1. The van der Waals surface area contributed by atoms with Crippen molar-refractivity contribution in [3.63, 3.8) is 0 Å². The van der Waals surface area contributed by atoms with E-state index in [0.717, 1.165) is 66.9 Å². The van der Waals surface area contributed by atoms with Crippen LogP contribution in [0.4, 0.5) is 0 Å². The van der Waals surface area contributed by atoms with Crippen molar-refractivity contribution in [2.45, 2.75) is 83.8 Å². The summed E-state index contributed by atoms with van der Waals surface area (Å²) in [5.74, 6) is 1.73. The quantitative estimate of drug-likeness (QED) is 0.658. The lowest BCUT2D eigenvalue weighted by molar-refractivity contribution is -0.122. The molecule has 5 rings (SSSR count). The second-order valence-electron chi connectivity index (χ2n) is 8.61. The lowest BCUT2D eigenvalue weighted by atomic mass is 9.97. The Morgan fingerprint density at radius 2 is 2.00 bits per heavy atom. The number of nitrogens with zero attached hydrogens (tertiary/aromatic N) is 5. The maximum atomic E-state index is 13.1. The molecule has 2 aliphatic rings. The van der Waals surface area contributed by atoms with Crippen molar-refractivity contribution in [3.8, 4) is 0 Å². The third-order valence-corrected chi connectivity index (χ3v) is 7.62. The van der Waals surface area contributed by atoms with Crippen molar-refractivity contribution in [1.29, 1.82) is 0 Å². The zero-order valence-corrected chi connectivity index (χ0v) is 18.7. The number of nitrogens with one attached hydrogen (secondary N) is 1. The highest BCUT2D eigenvalue weighted by Gasteiger charge is 2.22. The summed E-state index contributed by atoms with van der Waals surface area (Å²) in [6.45, 7) is 3.17. The number of carbonyl (C=O) groups is 1. The van der Waals surface area contributed by atoms with Crippen LogP contribution in [0.2, 0.25) is 0 Å². The highest BCUT2D eigenvalue weighted by Crippen LogP contribution is 2.33. The number of aromatic nitrogens is 5. The summed E-state index contributed by atoms with van der Waals surface area (Å²) in [6, 6.07) is -0.215. The molecule has 8 nitrogen and oxygen atoms in total. The van der Waals surface area contributed by atoms with Gasteiger partial charge in [-0.1, -0.05) is 6.42 Å². The Hall–Kier alpha value is -2.55. The second-order valence-corrected chi connectivity index (χ2v) is 9.69. The smallest absolute Gasteiger partial charge is 0.262 e. The largest absolute Gasteiger partial charge is 0.346 e. The molecule has 1 aliphatic heterocycles. The van der Waals surface area contributed by atoms with Gasteiger partial charge in [-0.2, -0.15) is 0 Å². The first kappa shape index (κ1) is 20.4. The fourth-order valence-corrected chi connectivity index (χ4v) is 5.99. The molecule has 0 saturated carbocycles. The number of carbonyl (C=O) groups excluding carboxylic acids is 1. The molecule has 0 radical (unpaired) electrons. The molecular weight excluding hydrogens is 412 g/mol. The number of fused-ring (bicyclic) bond motifs is 4. The van der Waals surface area contributed by atoms with Gasteiger partial charge in [0, 0.05) is 30.8 Å². The fourth-order valence-electron chi connectivity index (χ4n) is 4.77. The van der Waals surface area contributed by atoms with E-state index >= 15 is 0 Å². The van der Waals surface area contributed by atoms with E-state index in [9.17, 15) is 9.59 Å². The van der Waals surface area contributed by atoms with Crippen LogP contribution in [0.5, 0.6) is 0 Å². The standard InChI is InChI=1S/C22H28N6O2S/c1-14(20-26-25-17-9-3-2-6-11-28(17)20)24-18(29)10-12-27-13-23-21-19(22(27)30)15-7-4-5-8-16(15)31-21/h13-14H,2-12H2,1H3,(H,24,29). The number of hydrogen-bond acceptors (Lipinski definition) is 6. The van der Waals surface area contributed by atoms with Gasteiger partial charge in [0.15, 0.2) is 5.82 Å². The third-order valence-electron chi connectivity index (χ3n) is 6.42. The maximum Gasteiger partial charge on any atom is 0.262 e. The lowest BCUT2D eigenvalue weighted by Gasteiger charge is -2.15. The fraction of sp³-hybridized carbons (Fsp3) is 0.591.